The lowest BCUT2D eigenvalue weighted by Crippen LogP contribution is -2.21. The molecular weight excluding hydrogens is 398 g/mol. The smallest absolute Gasteiger partial charge is 0.266 e. The highest BCUT2D eigenvalue weighted by Gasteiger charge is 2.27. The van der Waals surface area contributed by atoms with Crippen LogP contribution in [0.5, 0.6) is 0 Å². The van der Waals surface area contributed by atoms with E-state index in [1.54, 1.807) is 20.8 Å². The first kappa shape index (κ1) is 26.9. The molecule has 0 aromatic rings. The number of ketones is 2. The molecule has 0 bridgehead atoms. The maximum absolute atomic E-state index is 12.4. The summed E-state index contributed by atoms with van der Waals surface area (Å²) in [5.41, 5.74) is 4.41. The van der Waals surface area contributed by atoms with Gasteiger partial charge in [-0.1, -0.05) is 23.3 Å². The van der Waals surface area contributed by atoms with Crippen molar-refractivity contribution in [1.29, 1.82) is 0 Å². The number of hydrogen-bond donors (Lipinski definition) is 1. The fraction of sp³-hybridized carbons (Fsp3) is 0.538. The van der Waals surface area contributed by atoms with Crippen LogP contribution in [-0.2, 0) is 9.59 Å². The van der Waals surface area contributed by atoms with Gasteiger partial charge in [0.05, 0.1) is 6.10 Å². The molecule has 1 atom stereocenters. The Morgan fingerprint density at radius 1 is 0.806 bits per heavy atom. The number of Topliss-reactive ketones (excluding diaryl/α,β-unsaturated/α-hetero) is 2. The summed E-state index contributed by atoms with van der Waals surface area (Å²) in [4.78, 5) is 24.7. The number of hydrogen-bond acceptors (Lipinski definition) is 3. The third kappa shape index (κ3) is 9.26. The number of carbonyl (C=O) groups is 2. The number of carbonyl (C=O) groups excluding carboxylic acids is 2. The van der Waals surface area contributed by atoms with Gasteiger partial charge in [0.15, 0.2) is 11.6 Å². The molecule has 0 heterocycles. The summed E-state index contributed by atoms with van der Waals surface area (Å²) in [6.45, 7) is 9.07. The van der Waals surface area contributed by atoms with E-state index in [0.717, 1.165) is 30.9 Å². The van der Waals surface area contributed by atoms with Gasteiger partial charge in [-0.05, 0) is 92.1 Å². The molecule has 3 nitrogen and oxygen atoms in total. The molecule has 0 amide bonds. The second kappa shape index (κ2) is 13.3. The molecule has 1 aliphatic carbocycles. The molecule has 5 heteroatoms. The summed E-state index contributed by atoms with van der Waals surface area (Å²) < 4.78 is 24.0. The zero-order valence-electron chi connectivity index (χ0n) is 19.5. The molecule has 0 aromatic carbocycles. The Morgan fingerprint density at radius 3 is 1.90 bits per heavy atom. The summed E-state index contributed by atoms with van der Waals surface area (Å²) in [5, 5.41) is 10.3. The molecule has 1 rings (SSSR count). The highest BCUT2D eigenvalue weighted by Crippen LogP contribution is 2.27. The molecule has 0 aliphatic heterocycles. The van der Waals surface area contributed by atoms with Gasteiger partial charge in [0, 0.05) is 22.3 Å². The predicted octanol–water partition coefficient (Wildman–Crippen LogP) is 6.95. The van der Waals surface area contributed by atoms with Crippen molar-refractivity contribution < 1.29 is 23.5 Å². The zero-order valence-corrected chi connectivity index (χ0v) is 19.5. The standard InChI is InChI=1S/C26H36F2O3/c1-17(9-6-10-18(2)12-8-14-24(27)28)11-7-13-22(29)15-16-23-21(5)25(30)19(3)20(4)26(23)31/h10-11,14,22,29H,6-9,12-13,15-16H2,1-5H3/b17-11+,18-10+. The minimum absolute atomic E-state index is 0.0736. The lowest BCUT2D eigenvalue weighted by molar-refractivity contribution is -0.116. The summed E-state index contributed by atoms with van der Waals surface area (Å²) in [6.07, 6.45) is 8.01. The van der Waals surface area contributed by atoms with Crippen molar-refractivity contribution in [3.63, 3.8) is 0 Å². The van der Waals surface area contributed by atoms with E-state index in [9.17, 15) is 23.5 Å². The van der Waals surface area contributed by atoms with Gasteiger partial charge in [0.25, 0.3) is 6.08 Å². The molecule has 0 spiro atoms. The topological polar surface area (TPSA) is 54.4 Å². The SMILES string of the molecule is CC1=C(C)C(=O)C(CCC(O)CC/C=C(\C)CC/C=C(\C)CCC=C(F)F)=C(C)C1=O. The Hall–Kier alpha value is -2.14. The average molecular weight is 435 g/mol. The maximum atomic E-state index is 12.4. The van der Waals surface area contributed by atoms with E-state index < -0.39 is 12.2 Å². The van der Waals surface area contributed by atoms with Gasteiger partial charge in [-0.2, -0.15) is 8.78 Å². The second-order valence-corrected chi connectivity index (χ2v) is 8.45. The monoisotopic (exact) mass is 434 g/mol. The van der Waals surface area contributed by atoms with Gasteiger partial charge in [-0.25, -0.2) is 0 Å². The van der Waals surface area contributed by atoms with Crippen molar-refractivity contribution in [1.82, 2.24) is 0 Å². The number of aliphatic hydroxyl groups is 1. The molecule has 1 N–H and O–H groups in total. The van der Waals surface area contributed by atoms with Crippen LogP contribution in [0.1, 0.15) is 86.0 Å². The van der Waals surface area contributed by atoms with E-state index >= 15 is 0 Å². The van der Waals surface area contributed by atoms with E-state index in [4.69, 9.17) is 0 Å². The van der Waals surface area contributed by atoms with Gasteiger partial charge in [0.1, 0.15) is 0 Å². The van der Waals surface area contributed by atoms with Gasteiger partial charge in [-0.3, -0.25) is 9.59 Å². The molecule has 1 unspecified atom stereocenters. The first-order chi connectivity index (χ1) is 14.5. The first-order valence-electron chi connectivity index (χ1n) is 11.0. The van der Waals surface area contributed by atoms with Crippen molar-refractivity contribution in [2.45, 2.75) is 92.1 Å². The van der Waals surface area contributed by atoms with E-state index in [1.807, 2.05) is 6.92 Å². The molecule has 0 fully saturated rings. The third-order valence-corrected chi connectivity index (χ3v) is 5.90. The summed E-state index contributed by atoms with van der Waals surface area (Å²) in [7, 11) is 0. The zero-order chi connectivity index (χ0) is 23.6. The Labute approximate surface area is 185 Å². The van der Waals surface area contributed by atoms with Gasteiger partial charge >= 0.3 is 0 Å². The van der Waals surface area contributed by atoms with Crippen LogP contribution < -0.4 is 0 Å². The average Bonchev–Trinajstić information content (AvgIpc) is 2.70. The van der Waals surface area contributed by atoms with Gasteiger partial charge in [-0.15, -0.1) is 0 Å². The van der Waals surface area contributed by atoms with E-state index in [-0.39, 0.29) is 11.6 Å². The molecule has 0 aromatic heterocycles. The largest absolute Gasteiger partial charge is 0.393 e. The van der Waals surface area contributed by atoms with Crippen LogP contribution in [0.15, 0.2) is 57.7 Å². The van der Waals surface area contributed by atoms with Crippen molar-refractivity contribution in [2.24, 2.45) is 0 Å². The van der Waals surface area contributed by atoms with Crippen molar-refractivity contribution in [3.05, 3.63) is 57.7 Å². The third-order valence-electron chi connectivity index (χ3n) is 5.90. The van der Waals surface area contributed by atoms with E-state index in [2.05, 4.69) is 19.1 Å². The van der Waals surface area contributed by atoms with Crippen molar-refractivity contribution in [2.75, 3.05) is 0 Å². The fourth-order valence-electron chi connectivity index (χ4n) is 3.59. The minimum Gasteiger partial charge on any atom is -0.393 e. The normalized spacial score (nSPS) is 16.9. The van der Waals surface area contributed by atoms with Gasteiger partial charge < -0.3 is 5.11 Å². The number of allylic oxidation sites excluding steroid dienone is 9. The van der Waals surface area contributed by atoms with Crippen LogP contribution in [0.4, 0.5) is 8.78 Å². The quantitative estimate of drug-likeness (QED) is 0.267. The van der Waals surface area contributed by atoms with Crippen molar-refractivity contribution in [3.8, 4) is 0 Å². The summed E-state index contributed by atoms with van der Waals surface area (Å²) >= 11 is 0. The number of halogens is 2. The number of rotatable bonds is 12. The van der Waals surface area contributed by atoms with Crippen LogP contribution in [-0.4, -0.2) is 22.8 Å². The molecule has 172 valence electrons. The molecule has 0 radical (unpaired) electrons. The van der Waals surface area contributed by atoms with Gasteiger partial charge in [0.2, 0.25) is 0 Å². The Morgan fingerprint density at radius 2 is 1.32 bits per heavy atom. The Balaban J connectivity index is 2.38. The minimum atomic E-state index is -1.62. The second-order valence-electron chi connectivity index (χ2n) is 8.45. The highest BCUT2D eigenvalue weighted by atomic mass is 19.3. The van der Waals surface area contributed by atoms with E-state index in [1.165, 1.54) is 5.57 Å². The molecule has 0 saturated heterocycles. The van der Waals surface area contributed by atoms with Crippen LogP contribution in [0.2, 0.25) is 0 Å². The predicted molar refractivity (Wildman–Crippen MR) is 122 cm³/mol. The lowest BCUT2D eigenvalue weighted by atomic mass is 9.83. The lowest BCUT2D eigenvalue weighted by Gasteiger charge is -2.19. The van der Waals surface area contributed by atoms with Crippen LogP contribution in [0.25, 0.3) is 0 Å². The first-order valence-corrected chi connectivity index (χ1v) is 11.0. The maximum Gasteiger partial charge on any atom is 0.266 e. The van der Waals surface area contributed by atoms with Crippen LogP contribution in [0.3, 0.4) is 0 Å². The van der Waals surface area contributed by atoms with Crippen LogP contribution >= 0.6 is 0 Å². The molecule has 0 saturated carbocycles. The molecule has 31 heavy (non-hydrogen) atoms. The summed E-state index contributed by atoms with van der Waals surface area (Å²) in [5.74, 6) is -0.151. The van der Waals surface area contributed by atoms with Crippen LogP contribution in [0, 0.1) is 0 Å². The number of aliphatic hydroxyl groups excluding tert-OH is 1. The fourth-order valence-corrected chi connectivity index (χ4v) is 3.59. The molecule has 1 aliphatic rings. The Kier molecular flexibility index (Phi) is 11.5. The summed E-state index contributed by atoms with van der Waals surface area (Å²) in [6, 6.07) is 0. The Bertz CT molecular complexity index is 822. The van der Waals surface area contributed by atoms with Crippen molar-refractivity contribution >= 4 is 11.6 Å². The molecular formula is C26H36F2O3. The van der Waals surface area contributed by atoms with E-state index in [0.29, 0.717) is 54.4 Å². The highest BCUT2D eigenvalue weighted by molar-refractivity contribution is 6.24.